The zero-order valence-corrected chi connectivity index (χ0v) is 8.76. The molecule has 1 N–H and O–H groups in total. The van der Waals surface area contributed by atoms with Crippen LogP contribution in [0.4, 0.5) is 18.9 Å². The molecule has 2 aromatic rings. The molecule has 0 fully saturated rings. The van der Waals surface area contributed by atoms with Gasteiger partial charge in [0.1, 0.15) is 11.1 Å². The van der Waals surface area contributed by atoms with Crippen molar-refractivity contribution in [2.24, 2.45) is 0 Å². The fourth-order valence-electron chi connectivity index (χ4n) is 1.43. The van der Waals surface area contributed by atoms with Gasteiger partial charge in [-0.05, 0) is 0 Å². The smallest absolute Gasteiger partial charge is 0.422 e. The van der Waals surface area contributed by atoms with E-state index >= 15 is 0 Å². The van der Waals surface area contributed by atoms with Crippen molar-refractivity contribution in [2.75, 3.05) is 0 Å². The summed E-state index contributed by atoms with van der Waals surface area (Å²) < 4.78 is 43.0. The zero-order valence-electron chi connectivity index (χ0n) is 8.76. The quantitative estimate of drug-likeness (QED) is 0.653. The van der Waals surface area contributed by atoms with Crippen molar-refractivity contribution in [1.29, 1.82) is 0 Å². The molecule has 0 aromatic carbocycles. The molecule has 0 bridgehead atoms. The molecular formula is C8H3F3N4O4. The number of nitrogens with one attached hydrogen (secondary N) is 1. The van der Waals surface area contributed by atoms with Gasteiger partial charge in [0.25, 0.3) is 17.1 Å². The van der Waals surface area contributed by atoms with Crippen LogP contribution in [0.25, 0.3) is 11.5 Å². The first-order valence-electron chi connectivity index (χ1n) is 4.56. The van der Waals surface area contributed by atoms with Gasteiger partial charge >= 0.3 is 6.18 Å². The van der Waals surface area contributed by atoms with Crippen molar-refractivity contribution in [3.63, 3.8) is 0 Å². The summed E-state index contributed by atoms with van der Waals surface area (Å²) in [4.78, 5) is 22.6. The van der Waals surface area contributed by atoms with Crippen LogP contribution in [0, 0.1) is 10.1 Å². The van der Waals surface area contributed by atoms with Crippen LogP contribution in [0.15, 0.2) is 21.8 Å². The van der Waals surface area contributed by atoms with Gasteiger partial charge in [-0.3, -0.25) is 14.9 Å². The van der Waals surface area contributed by atoms with Crippen molar-refractivity contribution in [2.45, 2.75) is 6.18 Å². The molecule has 2 heterocycles. The second-order valence-electron chi connectivity index (χ2n) is 3.25. The summed E-state index contributed by atoms with van der Waals surface area (Å²) in [5.74, 6) is -0.759. The molecule has 0 aliphatic carbocycles. The Labute approximate surface area is 101 Å². The van der Waals surface area contributed by atoms with Crippen LogP contribution in [0.3, 0.4) is 0 Å². The molecule has 0 atom stereocenters. The van der Waals surface area contributed by atoms with Crippen molar-refractivity contribution in [3.8, 4) is 11.5 Å². The Hall–Kier alpha value is -2.72. The topological polar surface area (TPSA) is 115 Å². The SMILES string of the molecule is O=c1[nH]cc([N+](=O)[O-])c(-c2nnco2)c1C(F)(F)F. The largest absolute Gasteiger partial charge is 0.423 e. The van der Waals surface area contributed by atoms with E-state index in [9.17, 15) is 28.1 Å². The maximum absolute atomic E-state index is 12.8. The number of rotatable bonds is 2. The van der Waals surface area contributed by atoms with Crippen molar-refractivity contribution < 1.29 is 22.5 Å². The number of aromatic amines is 1. The number of hydrogen-bond acceptors (Lipinski definition) is 6. The van der Waals surface area contributed by atoms with E-state index in [0.717, 1.165) is 0 Å². The van der Waals surface area contributed by atoms with Crippen LogP contribution in [-0.4, -0.2) is 20.1 Å². The van der Waals surface area contributed by atoms with E-state index in [-0.39, 0.29) is 0 Å². The molecule has 100 valence electrons. The second kappa shape index (κ2) is 4.19. The lowest BCUT2D eigenvalue weighted by atomic mass is 10.1. The first kappa shape index (κ1) is 12.7. The first-order valence-corrected chi connectivity index (χ1v) is 4.56. The van der Waals surface area contributed by atoms with E-state index in [4.69, 9.17) is 0 Å². The summed E-state index contributed by atoms with van der Waals surface area (Å²) in [6.45, 7) is 0. The van der Waals surface area contributed by atoms with Gasteiger partial charge in [0.2, 0.25) is 6.39 Å². The van der Waals surface area contributed by atoms with E-state index < -0.39 is 39.4 Å². The van der Waals surface area contributed by atoms with Crippen molar-refractivity contribution in [1.82, 2.24) is 15.2 Å². The van der Waals surface area contributed by atoms with Crippen LogP contribution in [0.2, 0.25) is 0 Å². The third kappa shape index (κ3) is 2.17. The van der Waals surface area contributed by atoms with E-state index in [0.29, 0.717) is 12.6 Å². The summed E-state index contributed by atoms with van der Waals surface area (Å²) in [5, 5.41) is 17.0. The molecule has 2 aromatic heterocycles. The predicted molar refractivity (Wildman–Crippen MR) is 52.0 cm³/mol. The maximum atomic E-state index is 12.8. The van der Waals surface area contributed by atoms with E-state index in [2.05, 4.69) is 14.6 Å². The number of aromatic nitrogens is 3. The number of hydrogen-bond donors (Lipinski definition) is 1. The Balaban J connectivity index is 2.90. The highest BCUT2D eigenvalue weighted by molar-refractivity contribution is 5.70. The molecule has 0 saturated heterocycles. The molecule has 0 spiro atoms. The third-order valence-electron chi connectivity index (χ3n) is 2.13. The Morgan fingerprint density at radius 2 is 2.11 bits per heavy atom. The molecule has 0 amide bonds. The monoisotopic (exact) mass is 276 g/mol. The second-order valence-corrected chi connectivity index (χ2v) is 3.25. The lowest BCUT2D eigenvalue weighted by molar-refractivity contribution is -0.384. The van der Waals surface area contributed by atoms with Crippen LogP contribution in [0.5, 0.6) is 0 Å². The lowest BCUT2D eigenvalue weighted by Gasteiger charge is -2.08. The summed E-state index contributed by atoms with van der Waals surface area (Å²) in [5.41, 5.74) is -5.34. The first-order chi connectivity index (χ1) is 8.82. The lowest BCUT2D eigenvalue weighted by Crippen LogP contribution is -2.23. The Kier molecular flexibility index (Phi) is 2.81. The summed E-state index contributed by atoms with van der Waals surface area (Å²) >= 11 is 0. The minimum absolute atomic E-state index is 0.539. The van der Waals surface area contributed by atoms with E-state index in [1.165, 1.54) is 0 Å². The number of alkyl halides is 3. The normalized spacial score (nSPS) is 11.5. The summed E-state index contributed by atoms with van der Waals surface area (Å²) in [7, 11) is 0. The van der Waals surface area contributed by atoms with Crippen LogP contribution in [-0.2, 0) is 6.18 Å². The van der Waals surface area contributed by atoms with Gasteiger partial charge in [0, 0.05) is 0 Å². The fourth-order valence-corrected chi connectivity index (χ4v) is 1.43. The third-order valence-corrected chi connectivity index (χ3v) is 2.13. The van der Waals surface area contributed by atoms with Gasteiger partial charge in [-0.15, -0.1) is 10.2 Å². The van der Waals surface area contributed by atoms with Crippen molar-refractivity contribution in [3.05, 3.63) is 38.6 Å². The summed E-state index contributed by atoms with van der Waals surface area (Å²) in [6, 6.07) is 0. The molecular weight excluding hydrogens is 273 g/mol. The molecule has 8 nitrogen and oxygen atoms in total. The molecule has 0 unspecified atom stereocenters. The minimum Gasteiger partial charge on any atom is -0.423 e. The number of nitrogens with zero attached hydrogens (tertiary/aromatic N) is 3. The Morgan fingerprint density at radius 1 is 1.42 bits per heavy atom. The van der Waals surface area contributed by atoms with E-state index in [1.54, 1.807) is 4.98 Å². The predicted octanol–water partition coefficient (Wildman–Crippen LogP) is 1.35. The fraction of sp³-hybridized carbons (Fsp3) is 0.125. The zero-order chi connectivity index (χ0) is 14.2. The van der Waals surface area contributed by atoms with Gasteiger partial charge in [-0.1, -0.05) is 0 Å². The number of pyridine rings is 1. The highest BCUT2D eigenvalue weighted by Gasteiger charge is 2.42. The van der Waals surface area contributed by atoms with Crippen molar-refractivity contribution >= 4 is 5.69 Å². The van der Waals surface area contributed by atoms with Gasteiger partial charge in [0.05, 0.1) is 11.1 Å². The highest BCUT2D eigenvalue weighted by atomic mass is 19.4. The summed E-state index contributed by atoms with van der Waals surface area (Å²) in [6.07, 6.45) is -3.87. The Morgan fingerprint density at radius 3 is 2.58 bits per heavy atom. The number of nitro groups is 1. The molecule has 0 aliphatic heterocycles. The average molecular weight is 276 g/mol. The minimum atomic E-state index is -5.11. The van der Waals surface area contributed by atoms with Crippen LogP contribution >= 0.6 is 0 Å². The van der Waals surface area contributed by atoms with Gasteiger partial charge < -0.3 is 9.40 Å². The van der Waals surface area contributed by atoms with Crippen LogP contribution < -0.4 is 5.56 Å². The van der Waals surface area contributed by atoms with E-state index in [1.807, 2.05) is 0 Å². The molecule has 0 aliphatic rings. The standard InChI is InChI=1S/C8H3F3N4O4/c9-8(10,11)5-4(7-14-13-2-19-7)3(15(17)18)1-12-6(5)16/h1-2H,(H,12,16). The maximum Gasteiger partial charge on any atom is 0.422 e. The molecule has 0 radical (unpaired) electrons. The molecule has 19 heavy (non-hydrogen) atoms. The van der Waals surface area contributed by atoms with Gasteiger partial charge in [-0.2, -0.15) is 13.2 Å². The van der Waals surface area contributed by atoms with Crippen LogP contribution in [0.1, 0.15) is 5.56 Å². The molecule has 2 rings (SSSR count). The van der Waals surface area contributed by atoms with Gasteiger partial charge in [0.15, 0.2) is 0 Å². The molecule has 11 heteroatoms. The average Bonchev–Trinajstić information content (AvgIpc) is 2.79. The molecule has 0 saturated carbocycles. The highest BCUT2D eigenvalue weighted by Crippen LogP contribution is 2.38. The number of halogens is 3. The Bertz CT molecular complexity index is 676. The number of H-pyrrole nitrogens is 1. The van der Waals surface area contributed by atoms with Gasteiger partial charge in [-0.25, -0.2) is 0 Å².